The molecule has 0 saturated heterocycles. The van der Waals surface area contributed by atoms with E-state index >= 15 is 0 Å². The van der Waals surface area contributed by atoms with Crippen molar-refractivity contribution in [3.63, 3.8) is 0 Å². The Balaban J connectivity index is 1.16. The SMILES string of the molecule is c1ccc(-c2ccc(-c3nc(-c4ccccc4)nc(-n4c5ccccc5c5c(-n6c7ccccc7c7ccccc76)cc(-n6c7ccccc7c7ccccc76)cc54)n3)cc2)cc1. The molecule has 9 aromatic carbocycles. The number of fused-ring (bicyclic) bond motifs is 9. The lowest BCUT2D eigenvalue weighted by Crippen LogP contribution is -2.07. The Morgan fingerprint density at radius 2 is 0.651 bits per heavy atom. The Labute approximate surface area is 362 Å². The van der Waals surface area contributed by atoms with E-state index < -0.39 is 0 Å². The van der Waals surface area contributed by atoms with Crippen LogP contribution in [0.5, 0.6) is 0 Å². The van der Waals surface area contributed by atoms with Crippen molar-refractivity contribution in [1.82, 2.24) is 28.7 Å². The van der Waals surface area contributed by atoms with Gasteiger partial charge >= 0.3 is 0 Å². The largest absolute Gasteiger partial charge is 0.309 e. The minimum atomic E-state index is 0.546. The summed E-state index contributed by atoms with van der Waals surface area (Å²) < 4.78 is 7.10. The summed E-state index contributed by atoms with van der Waals surface area (Å²) >= 11 is 0. The molecule has 0 amide bonds. The molecule has 6 nitrogen and oxygen atoms in total. The highest BCUT2D eigenvalue weighted by atomic mass is 15.2. The van der Waals surface area contributed by atoms with E-state index in [2.05, 4.69) is 208 Å². The summed E-state index contributed by atoms with van der Waals surface area (Å²) in [6.45, 7) is 0. The Kier molecular flexibility index (Phi) is 7.80. The lowest BCUT2D eigenvalue weighted by atomic mass is 10.0. The molecule has 13 aromatic rings. The molecule has 0 bridgehead atoms. The normalized spacial score (nSPS) is 11.8. The monoisotopic (exact) mass is 804 g/mol. The van der Waals surface area contributed by atoms with Crippen LogP contribution in [-0.2, 0) is 0 Å². The Hall–Kier alpha value is -8.61. The van der Waals surface area contributed by atoms with Crippen LogP contribution in [0.25, 0.3) is 117 Å². The molecule has 0 atom stereocenters. The molecule has 0 saturated carbocycles. The lowest BCUT2D eigenvalue weighted by Gasteiger charge is -2.16. The average Bonchev–Trinajstić information content (AvgIpc) is 4.00. The van der Waals surface area contributed by atoms with Crippen LogP contribution in [0.15, 0.2) is 218 Å². The first-order valence-electron chi connectivity index (χ1n) is 21.3. The average molecular weight is 805 g/mol. The van der Waals surface area contributed by atoms with Gasteiger partial charge in [0.2, 0.25) is 5.95 Å². The van der Waals surface area contributed by atoms with E-state index in [9.17, 15) is 0 Å². The summed E-state index contributed by atoms with van der Waals surface area (Å²) in [5.41, 5.74) is 12.8. The summed E-state index contributed by atoms with van der Waals surface area (Å²) in [5.74, 6) is 1.75. The summed E-state index contributed by atoms with van der Waals surface area (Å²) in [6.07, 6.45) is 0. The van der Waals surface area contributed by atoms with Crippen molar-refractivity contribution in [3.05, 3.63) is 218 Å². The highest BCUT2D eigenvalue weighted by Crippen LogP contribution is 2.43. The molecule has 0 aliphatic rings. The van der Waals surface area contributed by atoms with Gasteiger partial charge in [0.1, 0.15) is 0 Å². The predicted octanol–water partition coefficient (Wildman–Crippen LogP) is 14.2. The van der Waals surface area contributed by atoms with E-state index in [0.717, 1.165) is 77.5 Å². The number of nitrogens with zero attached hydrogens (tertiary/aromatic N) is 6. The third-order valence-electron chi connectivity index (χ3n) is 12.5. The van der Waals surface area contributed by atoms with E-state index in [-0.39, 0.29) is 0 Å². The van der Waals surface area contributed by atoms with E-state index in [0.29, 0.717) is 17.6 Å². The summed E-state index contributed by atoms with van der Waals surface area (Å²) in [5, 5.41) is 7.05. The molecule has 0 aliphatic heterocycles. The topological polar surface area (TPSA) is 53.5 Å². The fraction of sp³-hybridized carbons (Fsp3) is 0. The van der Waals surface area contributed by atoms with Crippen molar-refractivity contribution in [1.29, 1.82) is 0 Å². The lowest BCUT2D eigenvalue weighted by molar-refractivity contribution is 0.952. The number of benzene rings is 9. The van der Waals surface area contributed by atoms with Crippen LogP contribution in [0, 0.1) is 0 Å². The fourth-order valence-electron chi connectivity index (χ4n) is 9.72. The molecule has 0 aliphatic carbocycles. The molecule has 4 aromatic heterocycles. The number of para-hydroxylation sites is 5. The second kappa shape index (κ2) is 14.0. The third kappa shape index (κ3) is 5.48. The molecule has 4 heterocycles. The van der Waals surface area contributed by atoms with Gasteiger partial charge in [0.05, 0.1) is 44.5 Å². The maximum Gasteiger partial charge on any atom is 0.238 e. The van der Waals surface area contributed by atoms with Crippen LogP contribution in [0.2, 0.25) is 0 Å². The first-order valence-corrected chi connectivity index (χ1v) is 21.3. The Bertz CT molecular complexity index is 3790. The van der Waals surface area contributed by atoms with Gasteiger partial charge in [0.15, 0.2) is 11.6 Å². The minimum absolute atomic E-state index is 0.546. The maximum absolute atomic E-state index is 5.39. The molecule has 63 heavy (non-hydrogen) atoms. The third-order valence-corrected chi connectivity index (χ3v) is 12.5. The highest BCUT2D eigenvalue weighted by molar-refractivity contribution is 6.17. The number of aromatic nitrogens is 6. The second-order valence-corrected chi connectivity index (χ2v) is 16.0. The Morgan fingerprint density at radius 3 is 1.17 bits per heavy atom. The summed E-state index contributed by atoms with van der Waals surface area (Å²) in [7, 11) is 0. The van der Waals surface area contributed by atoms with Gasteiger partial charge in [-0.15, -0.1) is 0 Å². The van der Waals surface area contributed by atoms with Gasteiger partial charge in [0, 0.05) is 43.4 Å². The van der Waals surface area contributed by atoms with Gasteiger partial charge in [-0.2, -0.15) is 9.97 Å². The zero-order chi connectivity index (χ0) is 41.4. The van der Waals surface area contributed by atoms with E-state index in [1.807, 2.05) is 24.3 Å². The van der Waals surface area contributed by atoms with Crippen LogP contribution < -0.4 is 0 Å². The van der Waals surface area contributed by atoms with Gasteiger partial charge in [-0.1, -0.05) is 176 Å². The van der Waals surface area contributed by atoms with Gasteiger partial charge in [0.25, 0.3) is 0 Å². The van der Waals surface area contributed by atoms with E-state index in [1.165, 1.54) is 21.5 Å². The smallest absolute Gasteiger partial charge is 0.238 e. The van der Waals surface area contributed by atoms with Crippen LogP contribution >= 0.6 is 0 Å². The van der Waals surface area contributed by atoms with Gasteiger partial charge in [-0.25, -0.2) is 4.98 Å². The molecular weight excluding hydrogens is 769 g/mol. The maximum atomic E-state index is 5.39. The van der Waals surface area contributed by atoms with E-state index in [4.69, 9.17) is 15.0 Å². The number of hydrogen-bond acceptors (Lipinski definition) is 3. The minimum Gasteiger partial charge on any atom is -0.309 e. The van der Waals surface area contributed by atoms with Crippen molar-refractivity contribution in [2.45, 2.75) is 0 Å². The molecule has 0 radical (unpaired) electrons. The van der Waals surface area contributed by atoms with Gasteiger partial charge in [-0.3, -0.25) is 4.57 Å². The number of hydrogen-bond donors (Lipinski definition) is 0. The zero-order valence-electron chi connectivity index (χ0n) is 34.0. The molecule has 0 fully saturated rings. The second-order valence-electron chi connectivity index (χ2n) is 16.0. The van der Waals surface area contributed by atoms with Crippen molar-refractivity contribution in [2.24, 2.45) is 0 Å². The number of rotatable bonds is 6. The van der Waals surface area contributed by atoms with Gasteiger partial charge < -0.3 is 9.13 Å². The zero-order valence-corrected chi connectivity index (χ0v) is 34.0. The molecule has 0 spiro atoms. The van der Waals surface area contributed by atoms with Crippen LogP contribution in [-0.4, -0.2) is 28.7 Å². The Morgan fingerprint density at radius 1 is 0.270 bits per heavy atom. The quantitative estimate of drug-likeness (QED) is 0.168. The molecule has 0 unspecified atom stereocenters. The summed E-state index contributed by atoms with van der Waals surface area (Å²) in [4.78, 5) is 15.9. The molecule has 13 rings (SSSR count). The van der Waals surface area contributed by atoms with Gasteiger partial charge in [-0.05, 0) is 53.6 Å². The first kappa shape index (κ1) is 35.2. The van der Waals surface area contributed by atoms with Crippen LogP contribution in [0.1, 0.15) is 0 Å². The summed E-state index contributed by atoms with van der Waals surface area (Å²) in [6, 6.07) is 77.4. The molecular formula is C57H36N6. The highest BCUT2D eigenvalue weighted by Gasteiger charge is 2.24. The van der Waals surface area contributed by atoms with E-state index in [1.54, 1.807) is 0 Å². The fourth-order valence-corrected chi connectivity index (χ4v) is 9.72. The van der Waals surface area contributed by atoms with Crippen molar-refractivity contribution in [2.75, 3.05) is 0 Å². The van der Waals surface area contributed by atoms with Crippen LogP contribution in [0.4, 0.5) is 0 Å². The van der Waals surface area contributed by atoms with Crippen molar-refractivity contribution >= 4 is 65.4 Å². The first-order chi connectivity index (χ1) is 31.3. The molecule has 294 valence electrons. The van der Waals surface area contributed by atoms with Crippen molar-refractivity contribution in [3.8, 4) is 51.2 Å². The van der Waals surface area contributed by atoms with Crippen LogP contribution in [0.3, 0.4) is 0 Å². The van der Waals surface area contributed by atoms with Crippen molar-refractivity contribution < 1.29 is 0 Å². The molecule has 6 heteroatoms. The predicted molar refractivity (Wildman–Crippen MR) is 259 cm³/mol. The standard InChI is InChI=1S/C57H36N6/c1-3-17-37(18-4-1)38-31-33-40(34-32-38)56-58-55(39-19-5-2-6-20-39)59-57(60-56)63-51-30-16-11-25-46(51)54-52(62-49-28-14-9-23-44(49)45-24-10-15-29-50(45)62)35-41(36-53(54)63)61-47-26-12-7-21-42(47)43-22-8-13-27-48(43)61/h1-36H. The molecule has 0 N–H and O–H groups in total.